The molecule has 0 aromatic heterocycles. The molecule has 8 nitrogen and oxygen atoms in total. The van der Waals surface area contributed by atoms with Gasteiger partial charge in [-0.05, 0) is 74.2 Å². The normalized spacial score (nSPS) is 23.0. The largest absolute Gasteiger partial charge is 0.489 e. The van der Waals surface area contributed by atoms with Crippen molar-refractivity contribution >= 4 is 23.1 Å². The molecule has 2 aliphatic heterocycles. The van der Waals surface area contributed by atoms with E-state index >= 15 is 0 Å². The van der Waals surface area contributed by atoms with E-state index in [0.29, 0.717) is 121 Å². The van der Waals surface area contributed by atoms with E-state index in [0.717, 1.165) is 22.3 Å². The van der Waals surface area contributed by atoms with Crippen LogP contribution in [0.2, 0.25) is 0 Å². The number of rotatable bonds is 8. The summed E-state index contributed by atoms with van der Waals surface area (Å²) in [6.45, 7) is 17.4. The van der Waals surface area contributed by atoms with E-state index in [2.05, 4.69) is 61.5 Å². The molecule has 0 saturated carbocycles. The van der Waals surface area contributed by atoms with Gasteiger partial charge in [-0.15, -0.1) is 0 Å². The van der Waals surface area contributed by atoms with Crippen molar-refractivity contribution in [2.45, 2.75) is 132 Å². The van der Waals surface area contributed by atoms with E-state index in [1.54, 1.807) is 0 Å². The topological polar surface area (TPSA) is 105 Å². The molecule has 0 bridgehead atoms. The third-order valence-electron chi connectivity index (χ3n) is 13.4. The zero-order chi connectivity index (χ0) is 43.9. The third kappa shape index (κ3) is 8.13. The number of carbonyl (C=O) groups is 4. The Balaban J connectivity index is 0.877. The van der Waals surface area contributed by atoms with Crippen LogP contribution in [0.5, 0.6) is 11.5 Å². The van der Waals surface area contributed by atoms with E-state index < -0.39 is 11.8 Å². The van der Waals surface area contributed by atoms with Crippen LogP contribution in [0.3, 0.4) is 0 Å². The fraction of sp³-hybridized carbons (Fsp3) is 0.444. The maximum absolute atomic E-state index is 13.7. The molecule has 0 atom stereocenters. The van der Waals surface area contributed by atoms with Crippen LogP contribution in [-0.4, -0.2) is 23.1 Å². The Kier molecular flexibility index (Phi) is 10.2. The SMILES string of the molecule is CC1(C)CC(=O)C2=C(C1)OC1=C(C(=O)CC(C)(C)C1)C2c1ccc(OCc2cccc(COc3ccc(C4C5=C(CC(C)(C)CC5=O)OC5=C4C(=O)CC(C)(C)C5)cc3)c2)cc1. The summed E-state index contributed by atoms with van der Waals surface area (Å²) in [5.41, 5.74) is 5.46. The first-order valence-corrected chi connectivity index (χ1v) is 22.2. The van der Waals surface area contributed by atoms with E-state index in [4.69, 9.17) is 18.9 Å². The highest BCUT2D eigenvalue weighted by Gasteiger charge is 2.49. The lowest BCUT2D eigenvalue weighted by Gasteiger charge is -2.42. The van der Waals surface area contributed by atoms with Gasteiger partial charge in [-0.3, -0.25) is 19.2 Å². The molecule has 8 heteroatoms. The summed E-state index contributed by atoms with van der Waals surface area (Å²) in [5.74, 6) is 3.56. The van der Waals surface area contributed by atoms with E-state index in [-0.39, 0.29) is 44.8 Å². The van der Waals surface area contributed by atoms with Gasteiger partial charge in [-0.25, -0.2) is 0 Å². The zero-order valence-corrected chi connectivity index (χ0v) is 37.4. The molecule has 0 amide bonds. The molecule has 62 heavy (non-hydrogen) atoms. The minimum Gasteiger partial charge on any atom is -0.489 e. The summed E-state index contributed by atoms with van der Waals surface area (Å²) in [7, 11) is 0. The van der Waals surface area contributed by atoms with Crippen LogP contribution in [0.15, 0.2) is 118 Å². The van der Waals surface area contributed by atoms with Crippen LogP contribution in [0.4, 0.5) is 0 Å². The van der Waals surface area contributed by atoms with E-state index in [1.165, 1.54) is 0 Å². The molecule has 0 radical (unpaired) electrons. The number of carbonyl (C=O) groups excluding carboxylic acids is 4. The van der Waals surface area contributed by atoms with Gasteiger partial charge in [-0.2, -0.15) is 0 Å². The van der Waals surface area contributed by atoms with E-state index in [9.17, 15) is 19.2 Å². The molecule has 2 heterocycles. The molecule has 0 N–H and O–H groups in total. The summed E-state index contributed by atoms with van der Waals surface area (Å²) < 4.78 is 25.4. The Morgan fingerprint density at radius 3 is 1.02 bits per heavy atom. The van der Waals surface area contributed by atoms with Crippen molar-refractivity contribution in [2.24, 2.45) is 21.7 Å². The number of ether oxygens (including phenoxy) is 4. The van der Waals surface area contributed by atoms with Gasteiger partial charge < -0.3 is 18.9 Å². The number of hydrogen-bond donors (Lipinski definition) is 0. The van der Waals surface area contributed by atoms with Crippen molar-refractivity contribution in [1.29, 1.82) is 0 Å². The van der Waals surface area contributed by atoms with Gasteiger partial charge in [0.05, 0.1) is 0 Å². The monoisotopic (exact) mass is 834 g/mol. The average Bonchev–Trinajstić information content (AvgIpc) is 3.16. The van der Waals surface area contributed by atoms with Gasteiger partial charge in [0.2, 0.25) is 0 Å². The predicted molar refractivity (Wildman–Crippen MR) is 236 cm³/mol. The standard InChI is InChI=1S/C54H58O8/c1-51(2)21-37(55)47-41(25-51)61-42-26-52(3,4)22-38(56)48(42)45(47)33-12-16-35(17-13-33)59-29-31-10-9-11-32(20-31)30-60-36-18-14-34(15-19-36)46-49-39(57)23-53(5,6)27-43(49)62-44-28-54(7,8)24-40(58)50(44)46/h9-20,45-46H,21-30H2,1-8H3. The second kappa shape index (κ2) is 15.1. The highest BCUT2D eigenvalue weighted by Crippen LogP contribution is 2.55. The van der Waals surface area contributed by atoms with Crippen molar-refractivity contribution in [1.82, 2.24) is 0 Å². The number of Topliss-reactive ketones (excluding diaryl/α,β-unsaturated/α-hetero) is 4. The van der Waals surface area contributed by atoms with Gasteiger partial charge in [0.15, 0.2) is 23.1 Å². The molecule has 0 saturated heterocycles. The van der Waals surface area contributed by atoms with Crippen LogP contribution in [0.1, 0.15) is 141 Å². The van der Waals surface area contributed by atoms with Crippen LogP contribution in [-0.2, 0) is 41.9 Å². The molecule has 4 aliphatic carbocycles. The molecule has 6 aliphatic rings. The minimum absolute atomic E-state index is 0.0526. The van der Waals surface area contributed by atoms with Crippen molar-refractivity contribution in [3.8, 4) is 11.5 Å². The highest BCUT2D eigenvalue weighted by atomic mass is 16.5. The molecular weight excluding hydrogens is 777 g/mol. The smallest absolute Gasteiger partial charge is 0.163 e. The molecule has 322 valence electrons. The Morgan fingerprint density at radius 1 is 0.435 bits per heavy atom. The van der Waals surface area contributed by atoms with Gasteiger partial charge in [0.25, 0.3) is 0 Å². The van der Waals surface area contributed by atoms with Crippen LogP contribution in [0.25, 0.3) is 0 Å². The quantitative estimate of drug-likeness (QED) is 0.221. The Morgan fingerprint density at radius 2 is 0.726 bits per heavy atom. The average molecular weight is 835 g/mol. The summed E-state index contributed by atoms with van der Waals surface area (Å²) >= 11 is 0. The number of ketones is 4. The summed E-state index contributed by atoms with van der Waals surface area (Å²) in [6.07, 6.45) is 4.32. The lowest BCUT2D eigenvalue weighted by molar-refractivity contribution is -0.122. The number of allylic oxidation sites excluding steroid dienone is 8. The Hall–Kier alpha value is -5.50. The fourth-order valence-corrected chi connectivity index (χ4v) is 10.7. The second-order valence-corrected chi connectivity index (χ2v) is 21.7. The maximum Gasteiger partial charge on any atom is 0.163 e. The molecule has 0 fully saturated rings. The Bertz CT molecular complexity index is 2260. The van der Waals surface area contributed by atoms with Crippen molar-refractivity contribution in [3.63, 3.8) is 0 Å². The summed E-state index contributed by atoms with van der Waals surface area (Å²) in [6, 6.07) is 23.7. The molecular formula is C54H58O8. The lowest BCUT2D eigenvalue weighted by Crippen LogP contribution is -2.37. The van der Waals surface area contributed by atoms with Crippen molar-refractivity contribution in [2.75, 3.05) is 0 Å². The van der Waals surface area contributed by atoms with Gasteiger partial charge in [0, 0.05) is 85.5 Å². The first-order valence-electron chi connectivity index (χ1n) is 22.2. The zero-order valence-electron chi connectivity index (χ0n) is 37.4. The van der Waals surface area contributed by atoms with Crippen LogP contribution in [0, 0.1) is 21.7 Å². The van der Waals surface area contributed by atoms with Gasteiger partial charge >= 0.3 is 0 Å². The first-order chi connectivity index (χ1) is 29.2. The van der Waals surface area contributed by atoms with Crippen LogP contribution < -0.4 is 9.47 Å². The van der Waals surface area contributed by atoms with E-state index in [1.807, 2.05) is 66.7 Å². The van der Waals surface area contributed by atoms with Crippen LogP contribution >= 0.6 is 0 Å². The number of benzene rings is 3. The van der Waals surface area contributed by atoms with Gasteiger partial charge in [0.1, 0.15) is 47.7 Å². The predicted octanol–water partition coefficient (Wildman–Crippen LogP) is 11.6. The summed E-state index contributed by atoms with van der Waals surface area (Å²) in [4.78, 5) is 54.8. The Labute approximate surface area is 365 Å². The minimum atomic E-state index is -0.442. The number of hydrogen-bond acceptors (Lipinski definition) is 8. The molecule has 3 aromatic carbocycles. The molecule has 3 aromatic rings. The first kappa shape index (κ1) is 41.8. The summed E-state index contributed by atoms with van der Waals surface area (Å²) in [5, 5.41) is 0. The molecule has 0 unspecified atom stereocenters. The molecule has 0 spiro atoms. The molecule has 9 rings (SSSR count). The second-order valence-electron chi connectivity index (χ2n) is 21.7. The van der Waals surface area contributed by atoms with Crippen molar-refractivity contribution in [3.05, 3.63) is 140 Å². The van der Waals surface area contributed by atoms with Crippen molar-refractivity contribution < 1.29 is 38.1 Å². The third-order valence-corrected chi connectivity index (χ3v) is 13.4. The van der Waals surface area contributed by atoms with Gasteiger partial charge in [-0.1, -0.05) is 97.9 Å². The fourth-order valence-electron chi connectivity index (χ4n) is 10.7. The maximum atomic E-state index is 13.7. The lowest BCUT2D eigenvalue weighted by atomic mass is 9.65. The highest BCUT2D eigenvalue weighted by molar-refractivity contribution is 6.07.